The summed E-state index contributed by atoms with van der Waals surface area (Å²) in [6.45, 7) is 11.3. The zero-order chi connectivity index (χ0) is 22.0. The first-order valence-electron chi connectivity index (χ1n) is 10.1. The Morgan fingerprint density at radius 2 is 1.59 bits per heavy atom. The minimum atomic E-state index is -1.63. The maximum atomic E-state index is 12.8. The molecule has 0 saturated heterocycles. The van der Waals surface area contributed by atoms with Gasteiger partial charge in [0.05, 0.1) is 24.7 Å². The van der Waals surface area contributed by atoms with Crippen LogP contribution in [0.5, 0.6) is 0 Å². The predicted molar refractivity (Wildman–Crippen MR) is 108 cm³/mol. The molecule has 1 saturated carbocycles. The van der Waals surface area contributed by atoms with Crippen molar-refractivity contribution in [2.45, 2.75) is 64.9 Å². The first-order chi connectivity index (χ1) is 13.4. The molecular weight excluding hydrogens is 372 g/mol. The molecule has 0 amide bonds. The van der Waals surface area contributed by atoms with Crippen molar-refractivity contribution < 1.29 is 29.0 Å². The lowest BCUT2D eigenvalue weighted by Gasteiger charge is -2.43. The summed E-state index contributed by atoms with van der Waals surface area (Å²) >= 11 is 0. The summed E-state index contributed by atoms with van der Waals surface area (Å²) < 4.78 is 10.4. The number of hydrogen-bond donors (Lipinski definition) is 1. The van der Waals surface area contributed by atoms with Crippen molar-refractivity contribution in [1.82, 2.24) is 0 Å². The van der Waals surface area contributed by atoms with Gasteiger partial charge >= 0.3 is 11.9 Å². The highest BCUT2D eigenvalue weighted by molar-refractivity contribution is 6.02. The zero-order valence-corrected chi connectivity index (χ0v) is 18.2. The molecule has 0 radical (unpaired) electrons. The highest BCUT2D eigenvalue weighted by atomic mass is 16.5. The highest BCUT2D eigenvalue weighted by Gasteiger charge is 2.57. The van der Waals surface area contributed by atoms with Crippen molar-refractivity contribution in [1.29, 1.82) is 0 Å². The second-order valence-corrected chi connectivity index (χ2v) is 8.86. The molecule has 6 heteroatoms. The monoisotopic (exact) mass is 404 g/mol. The third kappa shape index (κ3) is 4.86. The van der Waals surface area contributed by atoms with E-state index in [4.69, 9.17) is 9.47 Å². The average Bonchev–Trinajstić information content (AvgIpc) is 2.59. The largest absolute Gasteiger partial charge is 0.466 e. The van der Waals surface area contributed by atoms with E-state index in [-0.39, 0.29) is 25.0 Å². The van der Waals surface area contributed by atoms with E-state index in [2.05, 4.69) is 20.8 Å². The van der Waals surface area contributed by atoms with Gasteiger partial charge in [-0.15, -0.1) is 0 Å². The summed E-state index contributed by atoms with van der Waals surface area (Å²) in [5, 5.41) is 11.0. The number of benzene rings is 1. The molecule has 1 aliphatic carbocycles. The Labute approximate surface area is 172 Å². The lowest BCUT2D eigenvalue weighted by atomic mass is 9.61. The number of rotatable bonds is 5. The Kier molecular flexibility index (Phi) is 6.89. The van der Waals surface area contributed by atoms with Gasteiger partial charge in [-0.1, -0.05) is 45.0 Å². The Hall–Kier alpha value is -2.21. The fourth-order valence-corrected chi connectivity index (χ4v) is 4.09. The number of esters is 2. The molecule has 0 unspecified atom stereocenters. The van der Waals surface area contributed by atoms with E-state index in [9.17, 15) is 19.5 Å². The van der Waals surface area contributed by atoms with E-state index in [0.29, 0.717) is 5.56 Å². The molecule has 1 N–H and O–H groups in total. The SMILES string of the molecule is CCOC(=O)[C@@H]1C(=O)C[C@@](C)(O)[C@H](C(=O)OCC)[C@@H]1c1ccc(C(C)(C)C)cc1. The molecule has 29 heavy (non-hydrogen) atoms. The smallest absolute Gasteiger partial charge is 0.317 e. The van der Waals surface area contributed by atoms with Crippen LogP contribution in [0.1, 0.15) is 65.0 Å². The van der Waals surface area contributed by atoms with E-state index in [1.165, 1.54) is 6.92 Å². The van der Waals surface area contributed by atoms with Gasteiger partial charge in [-0.05, 0) is 37.3 Å². The van der Waals surface area contributed by atoms with E-state index in [1.807, 2.05) is 24.3 Å². The van der Waals surface area contributed by atoms with Crippen LogP contribution in [0.2, 0.25) is 0 Å². The molecule has 0 aliphatic heterocycles. The number of aliphatic hydroxyl groups is 1. The van der Waals surface area contributed by atoms with Crippen molar-refractivity contribution in [2.24, 2.45) is 11.8 Å². The van der Waals surface area contributed by atoms with Gasteiger partial charge in [0.15, 0.2) is 5.78 Å². The topological polar surface area (TPSA) is 89.9 Å². The predicted octanol–water partition coefficient (Wildman–Crippen LogP) is 3.15. The molecule has 0 spiro atoms. The van der Waals surface area contributed by atoms with Crippen LogP contribution >= 0.6 is 0 Å². The van der Waals surface area contributed by atoms with Gasteiger partial charge in [0.1, 0.15) is 5.92 Å². The van der Waals surface area contributed by atoms with Crippen LogP contribution in [0.15, 0.2) is 24.3 Å². The molecule has 6 nitrogen and oxygen atoms in total. The van der Waals surface area contributed by atoms with E-state index in [1.54, 1.807) is 13.8 Å². The molecule has 2 rings (SSSR count). The lowest BCUT2D eigenvalue weighted by molar-refractivity contribution is -0.172. The Balaban J connectivity index is 2.61. The van der Waals surface area contributed by atoms with Crippen LogP contribution in [0.4, 0.5) is 0 Å². The quantitative estimate of drug-likeness (QED) is 0.599. The van der Waals surface area contributed by atoms with Crippen molar-refractivity contribution in [2.75, 3.05) is 13.2 Å². The summed E-state index contributed by atoms with van der Waals surface area (Å²) in [6.07, 6.45) is -0.309. The zero-order valence-electron chi connectivity index (χ0n) is 18.2. The fourth-order valence-electron chi connectivity index (χ4n) is 4.09. The van der Waals surface area contributed by atoms with Crippen molar-refractivity contribution in [3.63, 3.8) is 0 Å². The van der Waals surface area contributed by atoms with Crippen LogP contribution in [0.25, 0.3) is 0 Å². The minimum Gasteiger partial charge on any atom is -0.466 e. The highest BCUT2D eigenvalue weighted by Crippen LogP contribution is 2.47. The second-order valence-electron chi connectivity index (χ2n) is 8.86. The van der Waals surface area contributed by atoms with Gasteiger partial charge in [-0.25, -0.2) is 0 Å². The summed E-state index contributed by atoms with van der Waals surface area (Å²) in [5.41, 5.74) is 0.00523. The summed E-state index contributed by atoms with van der Waals surface area (Å²) in [7, 11) is 0. The molecule has 1 aliphatic rings. The molecule has 0 heterocycles. The molecule has 0 aromatic heterocycles. The summed E-state index contributed by atoms with van der Waals surface area (Å²) in [5.74, 6) is -4.81. The summed E-state index contributed by atoms with van der Waals surface area (Å²) in [6, 6.07) is 7.48. The average molecular weight is 405 g/mol. The maximum Gasteiger partial charge on any atom is 0.317 e. The van der Waals surface area contributed by atoms with Gasteiger partial charge < -0.3 is 14.6 Å². The number of carbonyl (C=O) groups is 3. The van der Waals surface area contributed by atoms with Gasteiger partial charge in [0, 0.05) is 12.3 Å². The third-order valence-corrected chi connectivity index (χ3v) is 5.51. The number of Topliss-reactive ketones (excluding diaryl/α,β-unsaturated/α-hetero) is 1. The Bertz CT molecular complexity index is 757. The number of carbonyl (C=O) groups excluding carboxylic acids is 3. The normalized spacial score (nSPS) is 27.4. The van der Waals surface area contributed by atoms with E-state index >= 15 is 0 Å². The Morgan fingerprint density at radius 3 is 2.07 bits per heavy atom. The number of ketones is 1. The molecule has 1 aromatic carbocycles. The van der Waals surface area contributed by atoms with Crippen LogP contribution in [-0.2, 0) is 29.3 Å². The van der Waals surface area contributed by atoms with Gasteiger partial charge in [-0.2, -0.15) is 0 Å². The number of hydrogen-bond acceptors (Lipinski definition) is 6. The fraction of sp³-hybridized carbons (Fsp3) is 0.609. The van der Waals surface area contributed by atoms with E-state index < -0.39 is 41.1 Å². The first kappa shape index (κ1) is 23.1. The molecule has 1 aromatic rings. The lowest BCUT2D eigenvalue weighted by Crippen LogP contribution is -2.55. The second kappa shape index (κ2) is 8.66. The van der Waals surface area contributed by atoms with Gasteiger partial charge in [0.25, 0.3) is 0 Å². The minimum absolute atomic E-state index is 0.0759. The summed E-state index contributed by atoms with van der Waals surface area (Å²) in [4.78, 5) is 38.3. The molecule has 1 fully saturated rings. The van der Waals surface area contributed by atoms with E-state index in [0.717, 1.165) is 5.56 Å². The van der Waals surface area contributed by atoms with Crippen LogP contribution < -0.4 is 0 Å². The number of ether oxygens (including phenoxy) is 2. The Morgan fingerprint density at radius 1 is 1.07 bits per heavy atom. The van der Waals surface area contributed by atoms with Crippen LogP contribution in [-0.4, -0.2) is 41.6 Å². The van der Waals surface area contributed by atoms with Crippen molar-refractivity contribution >= 4 is 17.7 Å². The van der Waals surface area contributed by atoms with Crippen molar-refractivity contribution in [3.05, 3.63) is 35.4 Å². The molecule has 160 valence electrons. The molecule has 0 bridgehead atoms. The van der Waals surface area contributed by atoms with Crippen LogP contribution in [0, 0.1) is 11.8 Å². The van der Waals surface area contributed by atoms with Crippen LogP contribution in [0.3, 0.4) is 0 Å². The third-order valence-electron chi connectivity index (χ3n) is 5.51. The maximum absolute atomic E-state index is 12.8. The first-order valence-corrected chi connectivity index (χ1v) is 10.1. The van der Waals surface area contributed by atoms with Crippen molar-refractivity contribution in [3.8, 4) is 0 Å². The van der Waals surface area contributed by atoms with Gasteiger partial charge in [0.2, 0.25) is 0 Å². The van der Waals surface area contributed by atoms with Gasteiger partial charge in [-0.3, -0.25) is 14.4 Å². The molecule has 4 atom stereocenters. The standard InChI is InChI=1S/C23H32O6/c1-7-28-20(25)18-16(24)13-23(6,27)19(21(26)29-8-2)17(18)14-9-11-15(12-10-14)22(3,4)5/h9-12,17-19,27H,7-8,13H2,1-6H3/t17-,18-,19+,23-/m1/s1. The molecular formula is C23H32O6.